The molecule has 6 heteroatoms. The Hall–Kier alpha value is -3.28. The molecule has 156 valence electrons. The minimum atomic E-state index is -0.396. The van der Waals surface area contributed by atoms with Gasteiger partial charge in [-0.15, -0.1) is 0 Å². The zero-order chi connectivity index (χ0) is 21.0. The number of carbonyl (C=O) groups is 2. The molecule has 0 atom stereocenters. The summed E-state index contributed by atoms with van der Waals surface area (Å²) in [4.78, 5) is 24.5. The number of fused-ring (bicyclic) bond motifs is 1. The molecule has 0 spiro atoms. The fraction of sp³-hybridized carbons (Fsp3) is 0.333. The van der Waals surface area contributed by atoms with Crippen molar-refractivity contribution in [2.24, 2.45) is 0 Å². The molecule has 1 saturated carbocycles. The van der Waals surface area contributed by atoms with Crippen LogP contribution >= 0.6 is 0 Å². The molecule has 4 rings (SSSR count). The number of furan rings is 1. The van der Waals surface area contributed by atoms with E-state index in [2.05, 4.69) is 22.8 Å². The van der Waals surface area contributed by atoms with Gasteiger partial charge in [0.2, 0.25) is 0 Å². The Morgan fingerprint density at radius 3 is 2.57 bits per heavy atom. The highest BCUT2D eigenvalue weighted by atomic mass is 16.6. The molecule has 0 bridgehead atoms. The molecule has 1 aliphatic rings. The first kappa shape index (κ1) is 20.0. The number of carbonyl (C=O) groups excluding carboxylic acids is 2. The zero-order valence-electron chi connectivity index (χ0n) is 17.0. The van der Waals surface area contributed by atoms with Crippen molar-refractivity contribution < 1.29 is 18.7 Å². The maximum atomic E-state index is 13.0. The number of amides is 2. The molecule has 0 unspecified atom stereocenters. The van der Waals surface area contributed by atoms with Crippen molar-refractivity contribution in [1.29, 1.82) is 0 Å². The molecule has 6 nitrogen and oxygen atoms in total. The van der Waals surface area contributed by atoms with Crippen LogP contribution in [0.1, 0.15) is 41.6 Å². The molecule has 3 aromatic rings. The third-order valence-corrected chi connectivity index (χ3v) is 6.06. The predicted octanol–water partition coefficient (Wildman–Crippen LogP) is 4.40. The fourth-order valence-electron chi connectivity index (χ4n) is 4.35. The molecular weight excluding hydrogens is 380 g/mol. The van der Waals surface area contributed by atoms with Crippen LogP contribution in [0, 0.1) is 0 Å². The van der Waals surface area contributed by atoms with E-state index in [1.165, 1.54) is 5.56 Å². The Morgan fingerprint density at radius 1 is 1.07 bits per heavy atom. The van der Waals surface area contributed by atoms with Crippen molar-refractivity contribution >= 4 is 23.0 Å². The summed E-state index contributed by atoms with van der Waals surface area (Å²) in [5, 5.41) is 6.56. The van der Waals surface area contributed by atoms with Crippen molar-refractivity contribution in [3.63, 3.8) is 0 Å². The van der Waals surface area contributed by atoms with Crippen molar-refractivity contribution in [3.8, 4) is 0 Å². The largest absolute Gasteiger partial charge is 0.464 e. The van der Waals surface area contributed by atoms with E-state index in [4.69, 9.17) is 9.15 Å². The van der Waals surface area contributed by atoms with Gasteiger partial charge in [0.25, 0.3) is 5.91 Å². The molecule has 0 saturated heterocycles. The van der Waals surface area contributed by atoms with Crippen LogP contribution in [-0.2, 0) is 10.2 Å². The molecular formula is C24H26N2O4. The number of hydrogen-bond acceptors (Lipinski definition) is 4. The van der Waals surface area contributed by atoms with Crippen molar-refractivity contribution in [2.75, 3.05) is 13.6 Å². The summed E-state index contributed by atoms with van der Waals surface area (Å²) >= 11 is 0. The van der Waals surface area contributed by atoms with Crippen LogP contribution in [0.4, 0.5) is 4.79 Å². The second kappa shape index (κ2) is 8.61. The molecule has 1 aromatic heterocycles. The third-order valence-electron chi connectivity index (χ3n) is 6.06. The zero-order valence-corrected chi connectivity index (χ0v) is 17.0. The van der Waals surface area contributed by atoms with Crippen LogP contribution in [0.5, 0.6) is 0 Å². The fourth-order valence-corrected chi connectivity index (χ4v) is 4.35. The third kappa shape index (κ3) is 4.03. The van der Waals surface area contributed by atoms with Crippen LogP contribution in [-0.4, -0.2) is 31.7 Å². The number of nitrogens with one attached hydrogen (secondary N) is 2. The lowest BCUT2D eigenvalue weighted by Crippen LogP contribution is -2.45. The van der Waals surface area contributed by atoms with Crippen LogP contribution in [0.25, 0.3) is 11.0 Å². The van der Waals surface area contributed by atoms with Crippen LogP contribution in [0.3, 0.4) is 0 Å². The van der Waals surface area contributed by atoms with E-state index in [1.807, 2.05) is 36.4 Å². The molecule has 2 aromatic carbocycles. The maximum Gasteiger partial charge on any atom is 0.407 e. The van der Waals surface area contributed by atoms with E-state index in [0.717, 1.165) is 31.1 Å². The summed E-state index contributed by atoms with van der Waals surface area (Å²) in [5.41, 5.74) is 2.14. The minimum Gasteiger partial charge on any atom is -0.464 e. The number of hydrogen-bond donors (Lipinski definition) is 2. The normalized spacial score (nSPS) is 21.2. The van der Waals surface area contributed by atoms with Gasteiger partial charge in [0.15, 0.2) is 0 Å². The Labute approximate surface area is 175 Å². The van der Waals surface area contributed by atoms with E-state index in [0.29, 0.717) is 17.7 Å². The molecule has 2 N–H and O–H groups in total. The molecule has 1 aliphatic carbocycles. The van der Waals surface area contributed by atoms with Gasteiger partial charge in [-0.1, -0.05) is 42.5 Å². The van der Waals surface area contributed by atoms with Crippen LogP contribution in [0.15, 0.2) is 65.3 Å². The van der Waals surface area contributed by atoms with Crippen molar-refractivity contribution in [3.05, 3.63) is 72.0 Å². The summed E-state index contributed by atoms with van der Waals surface area (Å²) in [7, 11) is 1.56. The first-order chi connectivity index (χ1) is 14.6. The van der Waals surface area contributed by atoms with Gasteiger partial charge in [0, 0.05) is 24.4 Å². The number of para-hydroxylation sites is 1. The van der Waals surface area contributed by atoms with E-state index in [1.54, 1.807) is 19.4 Å². The van der Waals surface area contributed by atoms with E-state index >= 15 is 0 Å². The van der Waals surface area contributed by atoms with Crippen molar-refractivity contribution in [2.45, 2.75) is 37.2 Å². The number of alkyl carbamates (subject to hydrolysis) is 1. The average Bonchev–Trinajstić information content (AvgIpc) is 3.28. The first-order valence-electron chi connectivity index (χ1n) is 10.3. The van der Waals surface area contributed by atoms with Gasteiger partial charge in [-0.05, 0) is 43.4 Å². The summed E-state index contributed by atoms with van der Waals surface area (Å²) in [5.74, 6) is -0.144. The monoisotopic (exact) mass is 406 g/mol. The smallest absolute Gasteiger partial charge is 0.407 e. The summed E-state index contributed by atoms with van der Waals surface area (Å²) in [6, 6.07) is 17.7. The Bertz CT molecular complexity index is 1020. The standard InChI is InChI=1S/C24H26N2O4/c1-25-23(28)30-19-10-13-24(14-11-19,18-7-3-2-4-8-18)16-26-22(27)20-9-5-6-17-12-15-29-21(17)20/h2-9,12,15,19H,10-11,13-14,16H2,1H3,(H,25,28)(H,26,27)/t19-,24+. The average molecular weight is 406 g/mol. The Kier molecular flexibility index (Phi) is 5.74. The van der Waals surface area contributed by atoms with E-state index in [9.17, 15) is 9.59 Å². The number of benzene rings is 2. The van der Waals surface area contributed by atoms with Gasteiger partial charge in [-0.3, -0.25) is 4.79 Å². The second-order valence-corrected chi connectivity index (χ2v) is 7.83. The Balaban J connectivity index is 1.51. The van der Waals surface area contributed by atoms with Gasteiger partial charge >= 0.3 is 6.09 Å². The highest BCUT2D eigenvalue weighted by Crippen LogP contribution is 2.40. The highest BCUT2D eigenvalue weighted by Gasteiger charge is 2.38. The topological polar surface area (TPSA) is 80.6 Å². The molecule has 1 heterocycles. The molecule has 30 heavy (non-hydrogen) atoms. The molecule has 1 fully saturated rings. The lowest BCUT2D eigenvalue weighted by atomic mass is 9.68. The SMILES string of the molecule is CNC(=O)O[C@H]1CC[C@@](CNC(=O)c2cccc3ccoc23)(c2ccccc2)CC1. The van der Waals surface area contributed by atoms with E-state index in [-0.39, 0.29) is 17.4 Å². The quantitative estimate of drug-likeness (QED) is 0.658. The predicted molar refractivity (Wildman–Crippen MR) is 114 cm³/mol. The summed E-state index contributed by atoms with van der Waals surface area (Å²) in [6.45, 7) is 0.514. The number of rotatable bonds is 5. The van der Waals surface area contributed by atoms with Gasteiger partial charge in [-0.2, -0.15) is 0 Å². The van der Waals surface area contributed by atoms with Crippen LogP contribution in [0.2, 0.25) is 0 Å². The summed E-state index contributed by atoms with van der Waals surface area (Å²) < 4.78 is 11.0. The van der Waals surface area contributed by atoms with Gasteiger partial charge < -0.3 is 19.8 Å². The summed E-state index contributed by atoms with van der Waals surface area (Å²) in [6.07, 6.45) is 4.26. The second-order valence-electron chi connectivity index (χ2n) is 7.83. The highest BCUT2D eigenvalue weighted by molar-refractivity contribution is 6.04. The van der Waals surface area contributed by atoms with Crippen LogP contribution < -0.4 is 10.6 Å². The Morgan fingerprint density at radius 2 is 1.83 bits per heavy atom. The minimum absolute atomic E-state index is 0.102. The first-order valence-corrected chi connectivity index (χ1v) is 10.3. The van der Waals surface area contributed by atoms with E-state index < -0.39 is 6.09 Å². The lowest BCUT2D eigenvalue weighted by molar-refractivity contribution is 0.0576. The lowest BCUT2D eigenvalue weighted by Gasteiger charge is -2.40. The van der Waals surface area contributed by atoms with Gasteiger partial charge in [0.05, 0.1) is 11.8 Å². The van der Waals surface area contributed by atoms with Gasteiger partial charge in [-0.25, -0.2) is 4.79 Å². The maximum absolute atomic E-state index is 13.0. The molecule has 0 radical (unpaired) electrons. The molecule has 2 amide bonds. The number of ether oxygens (including phenoxy) is 1. The van der Waals surface area contributed by atoms with Gasteiger partial charge in [0.1, 0.15) is 11.7 Å². The van der Waals surface area contributed by atoms with Crippen molar-refractivity contribution in [1.82, 2.24) is 10.6 Å². The molecule has 0 aliphatic heterocycles.